The normalized spacial score (nSPS) is 12.0. The Morgan fingerprint density at radius 2 is 1.70 bits per heavy atom. The van der Waals surface area contributed by atoms with Crippen LogP contribution in [0.5, 0.6) is 11.5 Å². The van der Waals surface area contributed by atoms with E-state index in [1.165, 1.54) is 13.2 Å². The number of halogens is 3. The van der Waals surface area contributed by atoms with Crippen molar-refractivity contribution in [3.63, 3.8) is 0 Å². The van der Waals surface area contributed by atoms with Gasteiger partial charge < -0.3 is 14.4 Å². The smallest absolute Gasteiger partial charge is 0.416 e. The largest absolute Gasteiger partial charge is 0.494 e. The molecule has 1 aromatic heterocycles. The standard InChI is InChI=1S/C20H21F3N4O2S/c1-5-27(6-2)16-11-17(28-3)15(10-18(16)29-4)24-25-19-13-9-12(20(21,22)23)7-8-14(13)26-30-19/h7-11H,5-6H2,1-4H3. The van der Waals surface area contributed by atoms with Gasteiger partial charge in [-0.15, -0.1) is 10.2 Å². The van der Waals surface area contributed by atoms with Crippen LogP contribution < -0.4 is 14.4 Å². The number of alkyl halides is 3. The minimum absolute atomic E-state index is 0.282. The van der Waals surface area contributed by atoms with Crippen LogP contribution in [0.2, 0.25) is 0 Å². The molecule has 0 aliphatic heterocycles. The molecule has 0 spiro atoms. The first-order valence-corrected chi connectivity index (χ1v) is 9.99. The number of fused-ring (bicyclic) bond motifs is 1. The minimum Gasteiger partial charge on any atom is -0.494 e. The Hall–Kier alpha value is -2.88. The number of hydrogen-bond acceptors (Lipinski definition) is 7. The van der Waals surface area contributed by atoms with E-state index in [0.717, 1.165) is 42.4 Å². The molecule has 30 heavy (non-hydrogen) atoms. The van der Waals surface area contributed by atoms with Crippen LogP contribution in [0.25, 0.3) is 10.9 Å². The lowest BCUT2D eigenvalue weighted by Gasteiger charge is -2.24. The summed E-state index contributed by atoms with van der Waals surface area (Å²) in [6.07, 6.45) is -4.44. The lowest BCUT2D eigenvalue weighted by molar-refractivity contribution is -0.137. The van der Waals surface area contributed by atoms with Gasteiger partial charge >= 0.3 is 6.18 Å². The fourth-order valence-corrected chi connectivity index (χ4v) is 3.71. The first-order valence-electron chi connectivity index (χ1n) is 9.21. The highest BCUT2D eigenvalue weighted by Crippen LogP contribution is 2.42. The molecule has 0 saturated carbocycles. The second kappa shape index (κ2) is 8.86. The van der Waals surface area contributed by atoms with Gasteiger partial charge in [-0.05, 0) is 43.6 Å². The molecule has 0 bridgehead atoms. The minimum atomic E-state index is -4.44. The zero-order valence-electron chi connectivity index (χ0n) is 16.9. The number of anilines is 1. The zero-order chi connectivity index (χ0) is 21.9. The Kier molecular flexibility index (Phi) is 6.45. The monoisotopic (exact) mass is 438 g/mol. The predicted octanol–water partition coefficient (Wildman–Crippen LogP) is 6.59. The Morgan fingerprint density at radius 3 is 2.30 bits per heavy atom. The molecule has 160 valence electrons. The maximum Gasteiger partial charge on any atom is 0.416 e. The average Bonchev–Trinajstić information content (AvgIpc) is 3.14. The molecule has 0 fully saturated rings. The van der Waals surface area contributed by atoms with E-state index < -0.39 is 11.7 Å². The number of azo groups is 1. The Balaban J connectivity index is 2.03. The average molecular weight is 438 g/mol. The van der Waals surface area contributed by atoms with Gasteiger partial charge in [0.25, 0.3) is 0 Å². The topological polar surface area (TPSA) is 59.3 Å². The number of methoxy groups -OCH3 is 2. The summed E-state index contributed by atoms with van der Waals surface area (Å²) < 4.78 is 54.2. The molecule has 0 unspecified atom stereocenters. The molecule has 0 aliphatic rings. The van der Waals surface area contributed by atoms with E-state index in [2.05, 4.69) is 19.5 Å². The van der Waals surface area contributed by atoms with E-state index in [1.807, 2.05) is 19.9 Å². The number of benzene rings is 2. The number of ether oxygens (including phenoxy) is 2. The summed E-state index contributed by atoms with van der Waals surface area (Å²) in [7, 11) is 3.08. The number of nitrogens with zero attached hydrogens (tertiary/aromatic N) is 4. The fourth-order valence-electron chi connectivity index (χ4n) is 3.03. The van der Waals surface area contributed by atoms with Crippen LogP contribution in [0, 0.1) is 0 Å². The van der Waals surface area contributed by atoms with Gasteiger partial charge in [-0.1, -0.05) is 0 Å². The van der Waals surface area contributed by atoms with Crippen LogP contribution in [-0.2, 0) is 6.18 Å². The van der Waals surface area contributed by atoms with Gasteiger partial charge in [0, 0.05) is 30.6 Å². The fraction of sp³-hybridized carbons (Fsp3) is 0.350. The molecule has 3 aromatic rings. The van der Waals surface area contributed by atoms with Gasteiger partial charge in [0.05, 0.1) is 31.0 Å². The van der Waals surface area contributed by atoms with Crippen molar-refractivity contribution in [3.05, 3.63) is 35.9 Å². The second-order valence-electron chi connectivity index (χ2n) is 6.29. The van der Waals surface area contributed by atoms with Crippen molar-refractivity contribution in [2.75, 3.05) is 32.2 Å². The number of rotatable bonds is 7. The van der Waals surface area contributed by atoms with Crippen molar-refractivity contribution in [1.29, 1.82) is 0 Å². The Morgan fingerprint density at radius 1 is 1.00 bits per heavy atom. The molecule has 0 saturated heterocycles. The summed E-state index contributed by atoms with van der Waals surface area (Å²) in [5.41, 5.74) is 0.938. The Bertz CT molecular complexity index is 1060. The predicted molar refractivity (Wildman–Crippen MR) is 112 cm³/mol. The highest BCUT2D eigenvalue weighted by molar-refractivity contribution is 7.11. The SMILES string of the molecule is CCN(CC)c1cc(OC)c(N=Nc2snc3ccc(C(F)(F)F)cc23)cc1OC. The van der Waals surface area contributed by atoms with E-state index in [0.29, 0.717) is 28.1 Å². The molecular weight excluding hydrogens is 417 g/mol. The van der Waals surface area contributed by atoms with E-state index in [9.17, 15) is 13.2 Å². The van der Waals surface area contributed by atoms with Crippen molar-refractivity contribution in [2.45, 2.75) is 20.0 Å². The van der Waals surface area contributed by atoms with Gasteiger partial charge in [0.1, 0.15) is 17.2 Å². The molecule has 0 aliphatic carbocycles. The lowest BCUT2D eigenvalue weighted by Crippen LogP contribution is -2.22. The lowest BCUT2D eigenvalue weighted by atomic mass is 10.1. The third-order valence-corrected chi connectivity index (χ3v) is 5.38. The molecule has 2 aromatic carbocycles. The summed E-state index contributed by atoms with van der Waals surface area (Å²) in [6, 6.07) is 6.88. The number of hydrogen-bond donors (Lipinski definition) is 0. The molecule has 0 N–H and O–H groups in total. The van der Waals surface area contributed by atoms with Crippen LogP contribution in [0.1, 0.15) is 19.4 Å². The van der Waals surface area contributed by atoms with Crippen LogP contribution in [0.4, 0.5) is 29.5 Å². The molecule has 3 rings (SSSR count). The van der Waals surface area contributed by atoms with Gasteiger partial charge in [-0.2, -0.15) is 17.5 Å². The Labute approximate surface area is 176 Å². The molecule has 0 atom stereocenters. The highest BCUT2D eigenvalue weighted by atomic mass is 32.1. The van der Waals surface area contributed by atoms with Crippen LogP contribution in [0.3, 0.4) is 0 Å². The quantitative estimate of drug-likeness (QED) is 0.390. The summed E-state index contributed by atoms with van der Waals surface area (Å²) in [6.45, 7) is 5.64. The van der Waals surface area contributed by atoms with Crippen molar-refractivity contribution in [1.82, 2.24) is 4.37 Å². The second-order valence-corrected chi connectivity index (χ2v) is 7.04. The van der Waals surface area contributed by atoms with E-state index in [4.69, 9.17) is 9.47 Å². The molecule has 0 radical (unpaired) electrons. The van der Waals surface area contributed by atoms with E-state index in [1.54, 1.807) is 13.2 Å². The van der Waals surface area contributed by atoms with Crippen molar-refractivity contribution in [2.24, 2.45) is 10.2 Å². The first kappa shape index (κ1) is 21.8. The van der Waals surface area contributed by atoms with E-state index >= 15 is 0 Å². The van der Waals surface area contributed by atoms with Crippen LogP contribution in [-0.4, -0.2) is 31.7 Å². The maximum absolute atomic E-state index is 13.0. The summed E-state index contributed by atoms with van der Waals surface area (Å²) in [5, 5.41) is 8.94. The molecule has 0 amide bonds. The summed E-state index contributed by atoms with van der Waals surface area (Å²) >= 11 is 0.982. The summed E-state index contributed by atoms with van der Waals surface area (Å²) in [4.78, 5) is 2.11. The van der Waals surface area contributed by atoms with Gasteiger partial charge in [-0.3, -0.25) is 0 Å². The highest BCUT2D eigenvalue weighted by Gasteiger charge is 2.31. The molecule has 10 heteroatoms. The van der Waals surface area contributed by atoms with Gasteiger partial charge in [0.15, 0.2) is 5.00 Å². The van der Waals surface area contributed by atoms with Crippen LogP contribution >= 0.6 is 11.5 Å². The third-order valence-electron chi connectivity index (χ3n) is 4.62. The van der Waals surface area contributed by atoms with Gasteiger partial charge in [-0.25, -0.2) is 0 Å². The first-order chi connectivity index (χ1) is 14.3. The van der Waals surface area contributed by atoms with E-state index in [-0.39, 0.29) is 5.00 Å². The van der Waals surface area contributed by atoms with Crippen molar-refractivity contribution in [3.8, 4) is 11.5 Å². The van der Waals surface area contributed by atoms with Gasteiger partial charge in [0.2, 0.25) is 0 Å². The maximum atomic E-state index is 13.0. The molecular formula is C20H21F3N4O2S. The van der Waals surface area contributed by atoms with Crippen molar-refractivity contribution < 1.29 is 22.6 Å². The third kappa shape index (κ3) is 4.33. The summed E-state index contributed by atoms with van der Waals surface area (Å²) in [5.74, 6) is 1.08. The number of aromatic nitrogens is 1. The molecule has 1 heterocycles. The van der Waals surface area contributed by atoms with Crippen molar-refractivity contribution >= 4 is 38.8 Å². The zero-order valence-corrected chi connectivity index (χ0v) is 17.8. The molecule has 6 nitrogen and oxygen atoms in total. The van der Waals surface area contributed by atoms with Crippen LogP contribution in [0.15, 0.2) is 40.6 Å².